The first-order valence-electron chi connectivity index (χ1n) is 8.51. The van der Waals surface area contributed by atoms with E-state index in [0.717, 1.165) is 44.7 Å². The maximum atomic E-state index is 12.4. The number of anilines is 2. The number of carbonyl (C=O) groups excluding carboxylic acids is 1. The Balaban J connectivity index is 1.47. The minimum atomic E-state index is -0.302. The van der Waals surface area contributed by atoms with Crippen molar-refractivity contribution < 1.29 is 4.79 Å². The van der Waals surface area contributed by atoms with Crippen LogP contribution in [0.25, 0.3) is 21.5 Å². The van der Waals surface area contributed by atoms with Crippen LogP contribution in [0.4, 0.5) is 16.2 Å². The first-order valence-corrected chi connectivity index (χ1v) is 9.32. The number of hydrogen-bond donors (Lipinski definition) is 3. The summed E-state index contributed by atoms with van der Waals surface area (Å²) in [4.78, 5) is 12.4. The van der Waals surface area contributed by atoms with Crippen molar-refractivity contribution in [2.24, 2.45) is 0 Å². The van der Waals surface area contributed by atoms with Gasteiger partial charge in [0, 0.05) is 33.9 Å². The van der Waals surface area contributed by atoms with E-state index in [2.05, 4.69) is 10.6 Å². The molecule has 0 atom stereocenters. The summed E-state index contributed by atoms with van der Waals surface area (Å²) in [7, 11) is 0. The van der Waals surface area contributed by atoms with Gasteiger partial charge >= 0.3 is 0 Å². The maximum Gasteiger partial charge on any atom is 0.291 e. The summed E-state index contributed by atoms with van der Waals surface area (Å²) in [6, 6.07) is 27.4. The van der Waals surface area contributed by atoms with E-state index in [1.54, 1.807) is 0 Å². The number of carbonyl (C=O) groups is 1. The number of nitrogens with one attached hydrogen (secondary N) is 3. The molecule has 0 aliphatic carbocycles. The highest BCUT2D eigenvalue weighted by atomic mass is 32.2. The van der Waals surface area contributed by atoms with Crippen LogP contribution < -0.4 is 10.6 Å². The highest BCUT2D eigenvalue weighted by Crippen LogP contribution is 2.26. The third-order valence-corrected chi connectivity index (χ3v) is 4.85. The molecule has 0 saturated heterocycles. The lowest BCUT2D eigenvalue weighted by molar-refractivity contribution is 0.270. The number of amidine groups is 1. The molecule has 0 aliphatic heterocycles. The molecule has 27 heavy (non-hydrogen) atoms. The fourth-order valence-corrected chi connectivity index (χ4v) is 3.55. The molecule has 0 bridgehead atoms. The molecule has 3 N–H and O–H groups in total. The fraction of sp³-hybridized carbons (Fsp3) is 0. The van der Waals surface area contributed by atoms with Crippen LogP contribution in [0.1, 0.15) is 0 Å². The molecule has 0 spiro atoms. The molecule has 4 rings (SSSR count). The third-order valence-electron chi connectivity index (χ3n) is 4.26. The van der Waals surface area contributed by atoms with E-state index in [0.29, 0.717) is 0 Å². The van der Waals surface area contributed by atoms with Gasteiger partial charge in [0.15, 0.2) is 5.17 Å². The molecule has 132 valence electrons. The lowest BCUT2D eigenvalue weighted by atomic mass is 10.1. The van der Waals surface area contributed by atoms with Gasteiger partial charge in [0.2, 0.25) is 0 Å². The Hall–Kier alpha value is -3.31. The van der Waals surface area contributed by atoms with Crippen molar-refractivity contribution in [3.8, 4) is 0 Å². The monoisotopic (exact) mass is 371 g/mol. The van der Waals surface area contributed by atoms with Gasteiger partial charge in [0.1, 0.15) is 0 Å². The van der Waals surface area contributed by atoms with E-state index in [9.17, 15) is 4.79 Å². The van der Waals surface area contributed by atoms with Crippen molar-refractivity contribution in [3.63, 3.8) is 0 Å². The normalized spacial score (nSPS) is 10.7. The average molecular weight is 371 g/mol. The second kappa shape index (κ2) is 7.51. The summed E-state index contributed by atoms with van der Waals surface area (Å²) in [5.41, 5.74) is 1.55. The molecule has 0 saturated carbocycles. The standard InChI is InChI=1S/C22H17N3OS/c23-21(24-19-13-5-9-15-7-1-3-11-17(15)19)27-22(26)25-20-14-6-10-16-8-2-4-12-18(16)20/h1-14H,(H2,23,24)(H,25,26). The van der Waals surface area contributed by atoms with Crippen molar-refractivity contribution in [1.29, 1.82) is 5.41 Å². The summed E-state index contributed by atoms with van der Waals surface area (Å²) >= 11 is 0.829. The van der Waals surface area contributed by atoms with Crippen molar-refractivity contribution >= 4 is 55.1 Å². The predicted molar refractivity (Wildman–Crippen MR) is 116 cm³/mol. The lowest BCUT2D eigenvalue weighted by Crippen LogP contribution is -2.14. The zero-order valence-electron chi connectivity index (χ0n) is 14.4. The minimum absolute atomic E-state index is 0.0732. The Morgan fingerprint density at radius 3 is 1.74 bits per heavy atom. The first-order chi connectivity index (χ1) is 13.2. The van der Waals surface area contributed by atoms with Gasteiger partial charge in [0.05, 0.1) is 0 Å². The maximum absolute atomic E-state index is 12.4. The number of benzene rings is 4. The quantitative estimate of drug-likeness (QED) is 0.286. The van der Waals surface area contributed by atoms with Crippen LogP contribution in [0, 0.1) is 5.41 Å². The Labute approximate surface area is 161 Å². The third kappa shape index (κ3) is 3.78. The molecule has 4 nitrogen and oxygen atoms in total. The number of rotatable bonds is 2. The van der Waals surface area contributed by atoms with Gasteiger partial charge in [-0.1, -0.05) is 72.8 Å². The summed E-state index contributed by atoms with van der Waals surface area (Å²) in [5.74, 6) is 0. The minimum Gasteiger partial charge on any atom is -0.334 e. The molecule has 1 amide bonds. The molecule has 0 unspecified atom stereocenters. The molecule has 0 aliphatic rings. The summed E-state index contributed by atoms with van der Waals surface area (Å²) in [6.07, 6.45) is 0. The Kier molecular flexibility index (Phi) is 4.77. The second-order valence-corrected chi connectivity index (χ2v) is 7.01. The van der Waals surface area contributed by atoms with Crippen molar-refractivity contribution in [3.05, 3.63) is 84.9 Å². The van der Waals surface area contributed by atoms with E-state index in [1.165, 1.54) is 0 Å². The van der Waals surface area contributed by atoms with Crippen LogP contribution in [-0.4, -0.2) is 10.4 Å². The number of thioether (sulfide) groups is 1. The topological polar surface area (TPSA) is 65.0 Å². The summed E-state index contributed by atoms with van der Waals surface area (Å²) in [6.45, 7) is 0. The SMILES string of the molecule is N=C(Nc1cccc2ccccc12)SC(=O)Nc1cccc2ccccc12. The number of fused-ring (bicyclic) bond motifs is 2. The van der Waals surface area contributed by atoms with Crippen LogP contribution in [-0.2, 0) is 0 Å². The molecule has 0 aromatic heterocycles. The first kappa shape index (κ1) is 17.1. The number of amides is 1. The van der Waals surface area contributed by atoms with Gasteiger partial charge in [-0.15, -0.1) is 0 Å². The molecule has 4 aromatic rings. The van der Waals surface area contributed by atoms with E-state index >= 15 is 0 Å². The van der Waals surface area contributed by atoms with Gasteiger partial charge < -0.3 is 10.6 Å². The summed E-state index contributed by atoms with van der Waals surface area (Å²) in [5, 5.41) is 18.0. The van der Waals surface area contributed by atoms with Crippen molar-refractivity contribution in [2.75, 3.05) is 10.6 Å². The lowest BCUT2D eigenvalue weighted by Gasteiger charge is -2.11. The van der Waals surface area contributed by atoms with E-state index in [-0.39, 0.29) is 10.4 Å². The van der Waals surface area contributed by atoms with Gasteiger partial charge in [-0.25, -0.2) is 0 Å². The molecule has 5 heteroatoms. The predicted octanol–water partition coefficient (Wildman–Crippen LogP) is 6.30. The van der Waals surface area contributed by atoms with Gasteiger partial charge in [-0.3, -0.25) is 10.2 Å². The van der Waals surface area contributed by atoms with E-state index in [1.807, 2.05) is 84.9 Å². The molecule has 0 heterocycles. The van der Waals surface area contributed by atoms with Crippen LogP contribution in [0.15, 0.2) is 84.9 Å². The average Bonchev–Trinajstić information content (AvgIpc) is 2.68. The Morgan fingerprint density at radius 2 is 1.15 bits per heavy atom. The molecular weight excluding hydrogens is 354 g/mol. The molecule has 0 fully saturated rings. The summed E-state index contributed by atoms with van der Waals surface area (Å²) < 4.78 is 0. The molecule has 0 radical (unpaired) electrons. The van der Waals surface area contributed by atoms with Crippen molar-refractivity contribution in [1.82, 2.24) is 0 Å². The second-order valence-electron chi connectivity index (χ2n) is 6.02. The van der Waals surface area contributed by atoms with Crippen LogP contribution in [0.2, 0.25) is 0 Å². The number of hydrogen-bond acceptors (Lipinski definition) is 3. The van der Waals surface area contributed by atoms with Crippen molar-refractivity contribution in [2.45, 2.75) is 0 Å². The zero-order valence-corrected chi connectivity index (χ0v) is 15.2. The van der Waals surface area contributed by atoms with E-state index in [4.69, 9.17) is 5.41 Å². The Bertz CT molecular complexity index is 1050. The van der Waals surface area contributed by atoms with Crippen LogP contribution in [0.3, 0.4) is 0 Å². The van der Waals surface area contributed by atoms with Gasteiger partial charge in [-0.05, 0) is 22.9 Å². The fourth-order valence-electron chi connectivity index (χ4n) is 3.04. The van der Waals surface area contributed by atoms with Crippen LogP contribution in [0.5, 0.6) is 0 Å². The zero-order chi connectivity index (χ0) is 18.6. The molecule has 4 aromatic carbocycles. The van der Waals surface area contributed by atoms with Gasteiger partial charge in [0.25, 0.3) is 5.24 Å². The van der Waals surface area contributed by atoms with Crippen LogP contribution >= 0.6 is 11.8 Å². The highest BCUT2D eigenvalue weighted by Gasteiger charge is 2.11. The Morgan fingerprint density at radius 1 is 0.667 bits per heavy atom. The largest absolute Gasteiger partial charge is 0.334 e. The highest BCUT2D eigenvalue weighted by molar-refractivity contribution is 8.26. The molecular formula is C22H17N3OS. The van der Waals surface area contributed by atoms with E-state index < -0.39 is 0 Å². The smallest absolute Gasteiger partial charge is 0.291 e. The van der Waals surface area contributed by atoms with Gasteiger partial charge in [-0.2, -0.15) is 0 Å².